The number of hydrogen-bond donors (Lipinski definition) is 1. The first-order valence-electron chi connectivity index (χ1n) is 7.43. The van der Waals surface area contributed by atoms with Crippen molar-refractivity contribution in [1.29, 1.82) is 0 Å². The topological polar surface area (TPSA) is 38.3 Å². The van der Waals surface area contributed by atoms with Crippen LogP contribution in [0.1, 0.15) is 18.1 Å². The molecule has 0 fully saturated rings. The summed E-state index contributed by atoms with van der Waals surface area (Å²) >= 11 is 6.08. The fraction of sp³-hybridized carbons (Fsp3) is 0.211. The van der Waals surface area contributed by atoms with Gasteiger partial charge in [0.2, 0.25) is 5.91 Å². The maximum absolute atomic E-state index is 11.9. The Kier molecular flexibility index (Phi) is 5.83. The van der Waals surface area contributed by atoms with Crippen LogP contribution in [0, 0.1) is 13.8 Å². The van der Waals surface area contributed by atoms with Gasteiger partial charge >= 0.3 is 0 Å². The van der Waals surface area contributed by atoms with Crippen molar-refractivity contribution in [2.75, 3.05) is 5.32 Å². The SMILES string of the molecule is Cc1cc(OC(C)C=CC(=O)Nc2ccccc2)c(C)cc1Cl. The smallest absolute Gasteiger partial charge is 0.248 e. The van der Waals surface area contributed by atoms with Crippen LogP contribution in [0.4, 0.5) is 5.69 Å². The number of aryl methyl sites for hydroxylation is 2. The molecule has 3 nitrogen and oxygen atoms in total. The lowest BCUT2D eigenvalue weighted by molar-refractivity contribution is -0.111. The van der Waals surface area contributed by atoms with E-state index in [1.165, 1.54) is 6.08 Å². The van der Waals surface area contributed by atoms with Crippen LogP contribution in [0.15, 0.2) is 54.6 Å². The zero-order chi connectivity index (χ0) is 16.8. The van der Waals surface area contributed by atoms with Gasteiger partial charge in [0.05, 0.1) is 0 Å². The van der Waals surface area contributed by atoms with Crippen molar-refractivity contribution in [3.05, 3.63) is 70.8 Å². The molecule has 0 aliphatic rings. The molecule has 0 aromatic heterocycles. The first-order valence-corrected chi connectivity index (χ1v) is 7.81. The molecule has 1 N–H and O–H groups in total. The Hall–Kier alpha value is -2.26. The van der Waals surface area contributed by atoms with Gasteiger partial charge in [-0.15, -0.1) is 0 Å². The predicted molar refractivity (Wildman–Crippen MR) is 95.2 cm³/mol. The van der Waals surface area contributed by atoms with Gasteiger partial charge in [0.1, 0.15) is 11.9 Å². The summed E-state index contributed by atoms with van der Waals surface area (Å²) < 4.78 is 5.86. The lowest BCUT2D eigenvalue weighted by atomic mass is 10.1. The molecule has 2 rings (SSSR count). The van der Waals surface area contributed by atoms with E-state index in [0.717, 1.165) is 27.6 Å². The van der Waals surface area contributed by atoms with Gasteiger partial charge in [-0.3, -0.25) is 4.79 Å². The van der Waals surface area contributed by atoms with E-state index in [2.05, 4.69) is 5.32 Å². The van der Waals surface area contributed by atoms with Crippen molar-refractivity contribution in [2.45, 2.75) is 26.9 Å². The van der Waals surface area contributed by atoms with Gasteiger partial charge in [0, 0.05) is 16.8 Å². The largest absolute Gasteiger partial charge is 0.486 e. The van der Waals surface area contributed by atoms with E-state index in [1.54, 1.807) is 6.08 Å². The van der Waals surface area contributed by atoms with Gasteiger partial charge in [-0.25, -0.2) is 0 Å². The van der Waals surface area contributed by atoms with Crippen molar-refractivity contribution in [2.24, 2.45) is 0 Å². The summed E-state index contributed by atoms with van der Waals surface area (Å²) in [6, 6.07) is 13.1. The lowest BCUT2D eigenvalue weighted by Gasteiger charge is -2.14. The summed E-state index contributed by atoms with van der Waals surface area (Å²) in [6.45, 7) is 5.76. The molecular weight excluding hydrogens is 310 g/mol. The van der Waals surface area contributed by atoms with Crippen LogP contribution >= 0.6 is 11.6 Å². The van der Waals surface area contributed by atoms with E-state index in [4.69, 9.17) is 16.3 Å². The molecule has 120 valence electrons. The number of ether oxygens (including phenoxy) is 1. The Balaban J connectivity index is 1.95. The third-order valence-corrected chi connectivity index (χ3v) is 3.74. The normalized spacial score (nSPS) is 12.2. The minimum atomic E-state index is -0.226. The van der Waals surface area contributed by atoms with Crippen molar-refractivity contribution in [3.63, 3.8) is 0 Å². The van der Waals surface area contributed by atoms with Gasteiger partial charge in [-0.1, -0.05) is 29.8 Å². The molecule has 0 saturated heterocycles. The zero-order valence-electron chi connectivity index (χ0n) is 13.5. The predicted octanol–water partition coefficient (Wildman–Crippen LogP) is 4.92. The van der Waals surface area contributed by atoms with Crippen molar-refractivity contribution < 1.29 is 9.53 Å². The minimum Gasteiger partial charge on any atom is -0.486 e. The van der Waals surface area contributed by atoms with Crippen molar-refractivity contribution in [1.82, 2.24) is 0 Å². The van der Waals surface area contributed by atoms with Crippen LogP contribution in [0.25, 0.3) is 0 Å². The van der Waals surface area contributed by atoms with Crippen LogP contribution in [-0.4, -0.2) is 12.0 Å². The average Bonchev–Trinajstić information content (AvgIpc) is 2.51. The number of amides is 1. The molecule has 0 spiro atoms. The molecule has 23 heavy (non-hydrogen) atoms. The number of halogens is 1. The molecule has 0 aliphatic heterocycles. The molecule has 0 aliphatic carbocycles. The highest BCUT2D eigenvalue weighted by atomic mass is 35.5. The van der Waals surface area contributed by atoms with E-state index >= 15 is 0 Å². The van der Waals surface area contributed by atoms with E-state index < -0.39 is 0 Å². The van der Waals surface area contributed by atoms with Crippen LogP contribution in [0.5, 0.6) is 5.75 Å². The van der Waals surface area contributed by atoms with Crippen LogP contribution in [0.2, 0.25) is 5.02 Å². The second-order valence-corrected chi connectivity index (χ2v) is 5.81. The second kappa shape index (κ2) is 7.84. The van der Waals surface area contributed by atoms with Gasteiger partial charge < -0.3 is 10.1 Å². The van der Waals surface area contributed by atoms with Crippen molar-refractivity contribution in [3.8, 4) is 5.75 Å². The second-order valence-electron chi connectivity index (χ2n) is 5.40. The van der Waals surface area contributed by atoms with Gasteiger partial charge in [0.25, 0.3) is 0 Å². The molecule has 0 heterocycles. The van der Waals surface area contributed by atoms with E-state index in [0.29, 0.717) is 0 Å². The third-order valence-electron chi connectivity index (χ3n) is 3.33. The highest BCUT2D eigenvalue weighted by molar-refractivity contribution is 6.31. The Morgan fingerprint density at radius 1 is 1.17 bits per heavy atom. The summed E-state index contributed by atoms with van der Waals surface area (Å²) in [6.07, 6.45) is 2.98. The lowest BCUT2D eigenvalue weighted by Crippen LogP contribution is -2.12. The van der Waals surface area contributed by atoms with Crippen LogP contribution < -0.4 is 10.1 Å². The molecule has 0 bridgehead atoms. The monoisotopic (exact) mass is 329 g/mol. The first-order chi connectivity index (χ1) is 11.0. The van der Waals surface area contributed by atoms with Crippen LogP contribution in [-0.2, 0) is 4.79 Å². The maximum atomic E-state index is 11.9. The number of nitrogens with one attached hydrogen (secondary N) is 1. The molecule has 1 unspecified atom stereocenters. The maximum Gasteiger partial charge on any atom is 0.248 e. The molecule has 1 atom stereocenters. The number of anilines is 1. The Morgan fingerprint density at radius 2 is 1.87 bits per heavy atom. The number of hydrogen-bond acceptors (Lipinski definition) is 2. The standard InChI is InChI=1S/C19H20ClNO2/c1-13-12-18(14(2)11-17(13)20)23-15(3)9-10-19(22)21-16-7-5-4-6-8-16/h4-12,15H,1-3H3,(H,21,22). The molecule has 0 radical (unpaired) electrons. The highest BCUT2D eigenvalue weighted by Crippen LogP contribution is 2.26. The number of benzene rings is 2. The number of para-hydroxylation sites is 1. The van der Waals surface area contributed by atoms with E-state index in [-0.39, 0.29) is 12.0 Å². The van der Waals surface area contributed by atoms with E-state index in [9.17, 15) is 4.79 Å². The minimum absolute atomic E-state index is 0.185. The molecule has 0 saturated carbocycles. The van der Waals surface area contributed by atoms with Crippen LogP contribution in [0.3, 0.4) is 0 Å². The Bertz CT molecular complexity index is 711. The highest BCUT2D eigenvalue weighted by Gasteiger charge is 2.07. The number of carbonyl (C=O) groups excluding carboxylic acids is 1. The fourth-order valence-corrected chi connectivity index (χ4v) is 2.27. The van der Waals surface area contributed by atoms with E-state index in [1.807, 2.05) is 63.2 Å². The van der Waals surface area contributed by atoms with Gasteiger partial charge in [0.15, 0.2) is 0 Å². The Labute approximate surface area is 141 Å². The molecule has 2 aromatic carbocycles. The van der Waals surface area contributed by atoms with Gasteiger partial charge in [-0.2, -0.15) is 0 Å². The Morgan fingerprint density at radius 3 is 2.57 bits per heavy atom. The summed E-state index contributed by atoms with van der Waals surface area (Å²) in [4.78, 5) is 11.9. The average molecular weight is 330 g/mol. The fourth-order valence-electron chi connectivity index (χ4n) is 2.05. The molecule has 2 aromatic rings. The summed E-state index contributed by atoms with van der Waals surface area (Å²) in [5, 5.41) is 3.51. The quantitative estimate of drug-likeness (QED) is 0.791. The summed E-state index contributed by atoms with van der Waals surface area (Å²) in [5.41, 5.74) is 2.69. The zero-order valence-corrected chi connectivity index (χ0v) is 14.2. The third kappa shape index (κ3) is 5.15. The molecule has 1 amide bonds. The summed E-state index contributed by atoms with van der Waals surface area (Å²) in [7, 11) is 0. The van der Waals surface area contributed by atoms with Gasteiger partial charge in [-0.05, 0) is 62.2 Å². The summed E-state index contributed by atoms with van der Waals surface area (Å²) in [5.74, 6) is 0.586. The van der Waals surface area contributed by atoms with Crippen molar-refractivity contribution >= 4 is 23.2 Å². The molecule has 4 heteroatoms. The number of carbonyl (C=O) groups is 1. The first kappa shape index (κ1) is 17.1. The number of rotatable bonds is 5. The molecular formula is C19H20ClNO2.